The summed E-state index contributed by atoms with van der Waals surface area (Å²) in [6.45, 7) is 5.91. The maximum atomic E-state index is 12.8. The van der Waals surface area contributed by atoms with Gasteiger partial charge in [-0.3, -0.25) is 14.3 Å². The molecule has 8 heteroatoms. The number of alkyl halides is 3. The standard InChI is InChI=1S/C24H21F3N4O.C2H6/c1-29-9-8-19-18-5-4-17(12-21(18)30(2)22(19)14-29)31-10-7-15(11-23(31)32)20-6-3-16(13-28-20)24(25,26)27;1-2/h3-7,10-13H,8-9,14H2,1-2H3;1-2H3. The molecule has 3 aromatic heterocycles. The van der Waals surface area contributed by atoms with Gasteiger partial charge in [0.2, 0.25) is 0 Å². The second-order valence-electron chi connectivity index (χ2n) is 8.23. The molecular formula is C26H27F3N4O. The molecule has 0 fully saturated rings. The molecule has 0 N–H and O–H groups in total. The Morgan fingerprint density at radius 3 is 2.41 bits per heavy atom. The largest absolute Gasteiger partial charge is 0.417 e. The highest BCUT2D eigenvalue weighted by atomic mass is 19.4. The SMILES string of the molecule is CC.CN1CCc2c(n(C)c3cc(-n4ccc(-c5ccc(C(F)(F)F)cn5)cc4=O)ccc23)C1. The normalized spacial score (nSPS) is 14.0. The van der Waals surface area contributed by atoms with Gasteiger partial charge in [-0.05, 0) is 49.4 Å². The van der Waals surface area contributed by atoms with Crippen molar-refractivity contribution in [2.24, 2.45) is 7.05 Å². The lowest BCUT2D eigenvalue weighted by Crippen LogP contribution is -2.27. The quantitative estimate of drug-likeness (QED) is 0.394. The van der Waals surface area contributed by atoms with Gasteiger partial charge in [0, 0.05) is 55.2 Å². The third kappa shape index (κ3) is 4.25. The van der Waals surface area contributed by atoms with E-state index in [0.717, 1.165) is 43.0 Å². The highest BCUT2D eigenvalue weighted by molar-refractivity contribution is 5.87. The molecule has 5 nitrogen and oxygen atoms in total. The number of fused-ring (bicyclic) bond motifs is 3. The summed E-state index contributed by atoms with van der Waals surface area (Å²) in [5.41, 5.74) is 4.16. The number of nitrogens with zero attached hydrogens (tertiary/aromatic N) is 4. The molecule has 0 amide bonds. The molecule has 5 rings (SSSR count). The summed E-state index contributed by atoms with van der Waals surface area (Å²) < 4.78 is 42.0. The van der Waals surface area contributed by atoms with E-state index in [-0.39, 0.29) is 5.56 Å². The zero-order chi connectivity index (χ0) is 24.6. The van der Waals surface area contributed by atoms with E-state index in [9.17, 15) is 18.0 Å². The first-order chi connectivity index (χ1) is 16.2. The van der Waals surface area contributed by atoms with Crippen LogP contribution in [-0.4, -0.2) is 32.6 Å². The predicted octanol–water partition coefficient (Wildman–Crippen LogP) is 5.42. The topological polar surface area (TPSA) is 43.1 Å². The van der Waals surface area contributed by atoms with Crippen LogP contribution in [0.4, 0.5) is 13.2 Å². The molecule has 4 heterocycles. The van der Waals surface area contributed by atoms with Crippen molar-refractivity contribution >= 4 is 10.9 Å². The number of aromatic nitrogens is 3. The molecular weight excluding hydrogens is 441 g/mol. The molecule has 4 aromatic rings. The molecule has 34 heavy (non-hydrogen) atoms. The van der Waals surface area contributed by atoms with Crippen LogP contribution in [0.2, 0.25) is 0 Å². The Balaban J connectivity index is 0.00000133. The van der Waals surface area contributed by atoms with Gasteiger partial charge < -0.3 is 9.47 Å². The number of likely N-dealkylation sites (N-methyl/N-ethyl adjacent to an activating group) is 1. The molecule has 1 aliphatic rings. The Hall–Kier alpha value is -3.39. The first-order valence-electron chi connectivity index (χ1n) is 11.3. The highest BCUT2D eigenvalue weighted by Gasteiger charge is 2.30. The number of pyridine rings is 2. The van der Waals surface area contributed by atoms with E-state index in [4.69, 9.17) is 0 Å². The van der Waals surface area contributed by atoms with Crippen molar-refractivity contribution in [1.82, 2.24) is 19.0 Å². The molecule has 1 aromatic carbocycles. The van der Waals surface area contributed by atoms with E-state index in [1.807, 2.05) is 33.0 Å². The van der Waals surface area contributed by atoms with Crippen LogP contribution < -0.4 is 5.56 Å². The van der Waals surface area contributed by atoms with Crippen molar-refractivity contribution < 1.29 is 13.2 Å². The van der Waals surface area contributed by atoms with Gasteiger partial charge in [-0.25, -0.2) is 0 Å². The molecule has 0 atom stereocenters. The smallest absolute Gasteiger partial charge is 0.346 e. The molecule has 0 unspecified atom stereocenters. The molecule has 0 radical (unpaired) electrons. The van der Waals surface area contributed by atoms with E-state index in [1.165, 1.54) is 33.3 Å². The Labute approximate surface area is 196 Å². The van der Waals surface area contributed by atoms with Gasteiger partial charge >= 0.3 is 6.18 Å². The van der Waals surface area contributed by atoms with Crippen molar-refractivity contribution in [3.8, 4) is 16.9 Å². The van der Waals surface area contributed by atoms with Gasteiger partial charge in [-0.1, -0.05) is 19.9 Å². The molecule has 0 saturated carbocycles. The van der Waals surface area contributed by atoms with Crippen molar-refractivity contribution in [3.63, 3.8) is 0 Å². The first kappa shape index (κ1) is 23.8. The summed E-state index contributed by atoms with van der Waals surface area (Å²) in [6.07, 6.45) is -1.03. The van der Waals surface area contributed by atoms with Gasteiger partial charge in [0.1, 0.15) is 0 Å². The first-order valence-corrected chi connectivity index (χ1v) is 11.3. The Morgan fingerprint density at radius 1 is 1.00 bits per heavy atom. The average Bonchev–Trinajstić information content (AvgIpc) is 3.10. The van der Waals surface area contributed by atoms with Gasteiger partial charge in [0.05, 0.1) is 22.5 Å². The summed E-state index contributed by atoms with van der Waals surface area (Å²) in [5, 5.41) is 1.21. The van der Waals surface area contributed by atoms with Gasteiger partial charge in [-0.15, -0.1) is 0 Å². The lowest BCUT2D eigenvalue weighted by atomic mass is 10.0. The number of aryl methyl sites for hydroxylation is 1. The zero-order valence-electron chi connectivity index (χ0n) is 19.6. The predicted molar refractivity (Wildman–Crippen MR) is 128 cm³/mol. The van der Waals surface area contributed by atoms with Crippen LogP contribution in [0.3, 0.4) is 0 Å². The molecule has 0 bridgehead atoms. The van der Waals surface area contributed by atoms with E-state index in [0.29, 0.717) is 11.3 Å². The Kier molecular flexibility index (Phi) is 6.36. The second kappa shape index (κ2) is 9.10. The summed E-state index contributed by atoms with van der Waals surface area (Å²) in [6, 6.07) is 11.3. The van der Waals surface area contributed by atoms with Crippen LogP contribution in [0.5, 0.6) is 0 Å². The lowest BCUT2D eigenvalue weighted by molar-refractivity contribution is -0.137. The van der Waals surface area contributed by atoms with Crippen molar-refractivity contribution in [2.75, 3.05) is 13.6 Å². The number of benzene rings is 1. The second-order valence-corrected chi connectivity index (χ2v) is 8.23. The minimum Gasteiger partial charge on any atom is -0.346 e. The van der Waals surface area contributed by atoms with Crippen LogP contribution in [-0.2, 0) is 26.2 Å². The summed E-state index contributed by atoms with van der Waals surface area (Å²) in [7, 11) is 4.16. The van der Waals surface area contributed by atoms with Crippen LogP contribution in [0.25, 0.3) is 27.8 Å². The fourth-order valence-electron chi connectivity index (χ4n) is 4.41. The summed E-state index contributed by atoms with van der Waals surface area (Å²) in [4.78, 5) is 19.0. The zero-order valence-corrected chi connectivity index (χ0v) is 19.6. The number of hydrogen-bond acceptors (Lipinski definition) is 3. The minimum atomic E-state index is -4.45. The van der Waals surface area contributed by atoms with Gasteiger partial charge in [0.25, 0.3) is 5.56 Å². The summed E-state index contributed by atoms with van der Waals surface area (Å²) >= 11 is 0. The molecule has 0 aliphatic carbocycles. The van der Waals surface area contributed by atoms with Crippen molar-refractivity contribution in [3.05, 3.63) is 82.0 Å². The molecule has 178 valence electrons. The van der Waals surface area contributed by atoms with Gasteiger partial charge in [0.15, 0.2) is 0 Å². The number of hydrogen-bond donors (Lipinski definition) is 0. The summed E-state index contributed by atoms with van der Waals surface area (Å²) in [5.74, 6) is 0. The van der Waals surface area contributed by atoms with E-state index < -0.39 is 11.7 Å². The van der Waals surface area contributed by atoms with Crippen molar-refractivity contribution in [1.29, 1.82) is 0 Å². The number of rotatable bonds is 2. The van der Waals surface area contributed by atoms with E-state index >= 15 is 0 Å². The van der Waals surface area contributed by atoms with Gasteiger partial charge in [-0.2, -0.15) is 13.2 Å². The third-order valence-corrected chi connectivity index (χ3v) is 6.17. The molecule has 1 aliphatic heterocycles. The fourth-order valence-corrected chi connectivity index (χ4v) is 4.41. The maximum absolute atomic E-state index is 12.8. The van der Waals surface area contributed by atoms with Crippen LogP contribution >= 0.6 is 0 Å². The highest BCUT2D eigenvalue weighted by Crippen LogP contribution is 2.31. The Morgan fingerprint density at radius 2 is 1.76 bits per heavy atom. The number of halogens is 3. The van der Waals surface area contributed by atoms with Crippen molar-refractivity contribution in [2.45, 2.75) is 33.0 Å². The van der Waals surface area contributed by atoms with Crippen LogP contribution in [0.15, 0.2) is 59.7 Å². The third-order valence-electron chi connectivity index (χ3n) is 6.17. The maximum Gasteiger partial charge on any atom is 0.417 e. The fraction of sp³-hybridized carbons (Fsp3) is 0.308. The Bertz CT molecular complexity index is 1380. The van der Waals surface area contributed by atoms with E-state index in [2.05, 4.69) is 27.6 Å². The van der Waals surface area contributed by atoms with Crippen LogP contribution in [0.1, 0.15) is 30.7 Å². The minimum absolute atomic E-state index is 0.276. The molecule has 0 saturated heterocycles. The monoisotopic (exact) mass is 468 g/mol. The van der Waals surface area contributed by atoms with E-state index in [1.54, 1.807) is 12.3 Å². The molecule has 0 spiro atoms. The average molecular weight is 469 g/mol. The van der Waals surface area contributed by atoms with Crippen LogP contribution in [0, 0.1) is 0 Å². The lowest BCUT2D eigenvalue weighted by Gasteiger charge is -2.23.